The molecule has 102 valence electrons. The van der Waals surface area contributed by atoms with Crippen molar-refractivity contribution >= 4 is 5.97 Å². The van der Waals surface area contributed by atoms with E-state index in [2.05, 4.69) is 47.8 Å². The molecule has 3 nitrogen and oxygen atoms in total. The number of carboxylic acid groups (broad SMARTS) is 1. The van der Waals surface area contributed by atoms with Crippen LogP contribution in [-0.2, 0) is 17.8 Å². The number of aliphatic carboxylic acids is 1. The predicted molar refractivity (Wildman–Crippen MR) is 78.6 cm³/mol. The lowest BCUT2D eigenvalue weighted by atomic mass is 10.0. The Balaban J connectivity index is 1.73. The van der Waals surface area contributed by atoms with Crippen LogP contribution in [0.3, 0.4) is 0 Å². The first-order chi connectivity index (χ1) is 9.74. The number of hydrogen-bond acceptors (Lipinski definition) is 2. The van der Waals surface area contributed by atoms with E-state index in [1.165, 1.54) is 27.8 Å². The lowest BCUT2D eigenvalue weighted by molar-refractivity contribution is -0.136. The van der Waals surface area contributed by atoms with Gasteiger partial charge >= 0.3 is 5.97 Å². The Morgan fingerprint density at radius 3 is 2.75 bits per heavy atom. The minimum Gasteiger partial charge on any atom is -0.481 e. The summed E-state index contributed by atoms with van der Waals surface area (Å²) in [6.07, 6.45) is 1.17. The third-order valence-corrected chi connectivity index (χ3v) is 3.71. The maximum absolute atomic E-state index is 10.5. The van der Waals surface area contributed by atoms with Gasteiger partial charge in [-0.15, -0.1) is 0 Å². The van der Waals surface area contributed by atoms with E-state index in [1.54, 1.807) is 0 Å². The summed E-state index contributed by atoms with van der Waals surface area (Å²) in [7, 11) is 0. The molecule has 0 unspecified atom stereocenters. The van der Waals surface area contributed by atoms with Gasteiger partial charge in [-0.3, -0.25) is 4.79 Å². The van der Waals surface area contributed by atoms with Crippen LogP contribution in [0.15, 0.2) is 42.5 Å². The zero-order valence-corrected chi connectivity index (χ0v) is 11.2. The fourth-order valence-electron chi connectivity index (χ4n) is 2.71. The van der Waals surface area contributed by atoms with Crippen LogP contribution < -0.4 is 5.32 Å². The van der Waals surface area contributed by atoms with Gasteiger partial charge in [0, 0.05) is 13.1 Å². The van der Waals surface area contributed by atoms with E-state index in [0.29, 0.717) is 13.1 Å². The first-order valence-electron chi connectivity index (χ1n) is 6.86. The largest absolute Gasteiger partial charge is 0.481 e. The van der Waals surface area contributed by atoms with Gasteiger partial charge in [-0.1, -0.05) is 36.4 Å². The Morgan fingerprint density at radius 2 is 1.90 bits per heavy atom. The smallest absolute Gasteiger partial charge is 0.304 e. The molecule has 0 spiro atoms. The Labute approximate surface area is 118 Å². The average Bonchev–Trinajstić information content (AvgIpc) is 2.81. The maximum atomic E-state index is 10.5. The molecule has 0 fully saturated rings. The van der Waals surface area contributed by atoms with Gasteiger partial charge < -0.3 is 10.4 Å². The van der Waals surface area contributed by atoms with E-state index >= 15 is 0 Å². The van der Waals surface area contributed by atoms with Crippen LogP contribution in [0.25, 0.3) is 11.1 Å². The zero-order valence-electron chi connectivity index (χ0n) is 11.2. The first kappa shape index (κ1) is 12.9. The monoisotopic (exact) mass is 267 g/mol. The minimum atomic E-state index is -0.764. The molecule has 1 aliphatic rings. The molecular weight excluding hydrogens is 250 g/mol. The molecule has 0 heterocycles. The van der Waals surface area contributed by atoms with Crippen LogP contribution in [0.5, 0.6) is 0 Å². The summed E-state index contributed by atoms with van der Waals surface area (Å²) in [6, 6.07) is 15.0. The van der Waals surface area contributed by atoms with Gasteiger partial charge in [-0.2, -0.15) is 0 Å². The molecule has 3 heteroatoms. The summed E-state index contributed by atoms with van der Waals surface area (Å²) < 4.78 is 0. The highest BCUT2D eigenvalue weighted by Gasteiger charge is 2.17. The second kappa shape index (κ2) is 5.47. The van der Waals surface area contributed by atoms with Gasteiger partial charge in [0.05, 0.1) is 6.42 Å². The van der Waals surface area contributed by atoms with Crippen LogP contribution in [0.2, 0.25) is 0 Å². The fraction of sp³-hybridized carbons (Fsp3) is 0.235. The molecule has 0 amide bonds. The van der Waals surface area contributed by atoms with Crippen molar-refractivity contribution < 1.29 is 9.90 Å². The van der Waals surface area contributed by atoms with Crippen LogP contribution in [0.1, 0.15) is 23.1 Å². The SMILES string of the molecule is O=C(O)CCNCc1ccc2c(c1)-c1ccccc1C2. The number of rotatable bonds is 5. The highest BCUT2D eigenvalue weighted by molar-refractivity contribution is 5.77. The van der Waals surface area contributed by atoms with Gasteiger partial charge in [0.2, 0.25) is 0 Å². The summed E-state index contributed by atoms with van der Waals surface area (Å²) in [4.78, 5) is 10.5. The number of fused-ring (bicyclic) bond motifs is 3. The second-order valence-electron chi connectivity index (χ2n) is 5.15. The van der Waals surface area contributed by atoms with Gasteiger partial charge in [0.25, 0.3) is 0 Å². The number of nitrogens with one attached hydrogen (secondary N) is 1. The van der Waals surface area contributed by atoms with Gasteiger partial charge in [0.1, 0.15) is 0 Å². The Hall–Kier alpha value is -2.13. The Kier molecular flexibility index (Phi) is 3.52. The average molecular weight is 267 g/mol. The van der Waals surface area contributed by atoms with Gasteiger partial charge in [-0.25, -0.2) is 0 Å². The minimum absolute atomic E-state index is 0.160. The molecule has 20 heavy (non-hydrogen) atoms. The van der Waals surface area contributed by atoms with Crippen LogP contribution in [0.4, 0.5) is 0 Å². The zero-order chi connectivity index (χ0) is 13.9. The van der Waals surface area contributed by atoms with Crippen molar-refractivity contribution in [2.75, 3.05) is 6.54 Å². The highest BCUT2D eigenvalue weighted by atomic mass is 16.4. The Bertz CT molecular complexity index is 649. The van der Waals surface area contributed by atoms with Crippen molar-refractivity contribution in [1.82, 2.24) is 5.32 Å². The summed E-state index contributed by atoms with van der Waals surface area (Å²) in [6.45, 7) is 1.21. The molecule has 0 saturated heterocycles. The van der Waals surface area contributed by atoms with Crippen molar-refractivity contribution in [2.24, 2.45) is 0 Å². The molecule has 2 aromatic carbocycles. The second-order valence-corrected chi connectivity index (χ2v) is 5.15. The topological polar surface area (TPSA) is 49.3 Å². The summed E-state index contributed by atoms with van der Waals surface area (Å²) in [5, 5.41) is 11.8. The number of carbonyl (C=O) groups is 1. The predicted octanol–water partition coefficient (Wildman–Crippen LogP) is 2.82. The van der Waals surface area contributed by atoms with Crippen LogP contribution in [0, 0.1) is 0 Å². The molecule has 2 N–H and O–H groups in total. The van der Waals surface area contributed by atoms with E-state index in [1.807, 2.05) is 0 Å². The summed E-state index contributed by atoms with van der Waals surface area (Å²) >= 11 is 0. The molecule has 0 radical (unpaired) electrons. The number of benzene rings is 2. The maximum Gasteiger partial charge on any atom is 0.304 e. The molecule has 0 atom stereocenters. The molecular formula is C17H17NO2. The third kappa shape index (κ3) is 2.58. The van der Waals surface area contributed by atoms with Gasteiger partial charge in [-0.05, 0) is 40.3 Å². The fourth-order valence-corrected chi connectivity index (χ4v) is 2.71. The lowest BCUT2D eigenvalue weighted by Gasteiger charge is -2.07. The van der Waals surface area contributed by atoms with E-state index in [0.717, 1.165) is 6.42 Å². The van der Waals surface area contributed by atoms with E-state index in [9.17, 15) is 4.79 Å². The number of hydrogen-bond donors (Lipinski definition) is 2. The normalized spacial score (nSPS) is 12.0. The molecule has 0 aromatic heterocycles. The molecule has 0 aliphatic heterocycles. The molecule has 0 bridgehead atoms. The summed E-state index contributed by atoms with van der Waals surface area (Å²) in [5.74, 6) is -0.764. The summed E-state index contributed by atoms with van der Waals surface area (Å²) in [5.41, 5.74) is 6.61. The standard InChI is InChI=1S/C17H17NO2/c19-17(20)7-8-18-11-12-5-6-14-10-13-3-1-2-4-15(13)16(14)9-12/h1-6,9,18H,7-8,10-11H2,(H,19,20). The van der Waals surface area contributed by atoms with Crippen molar-refractivity contribution in [3.05, 3.63) is 59.2 Å². The van der Waals surface area contributed by atoms with Crippen molar-refractivity contribution in [3.63, 3.8) is 0 Å². The van der Waals surface area contributed by atoms with E-state index in [4.69, 9.17) is 5.11 Å². The van der Waals surface area contributed by atoms with Crippen molar-refractivity contribution in [3.8, 4) is 11.1 Å². The first-order valence-corrected chi connectivity index (χ1v) is 6.86. The highest BCUT2D eigenvalue weighted by Crippen LogP contribution is 2.36. The Morgan fingerprint density at radius 1 is 1.10 bits per heavy atom. The van der Waals surface area contributed by atoms with E-state index in [-0.39, 0.29) is 6.42 Å². The van der Waals surface area contributed by atoms with Crippen LogP contribution >= 0.6 is 0 Å². The molecule has 1 aliphatic carbocycles. The number of carboxylic acids is 1. The van der Waals surface area contributed by atoms with Gasteiger partial charge in [0.15, 0.2) is 0 Å². The van der Waals surface area contributed by atoms with Crippen molar-refractivity contribution in [1.29, 1.82) is 0 Å². The van der Waals surface area contributed by atoms with E-state index < -0.39 is 5.97 Å². The molecule has 0 saturated carbocycles. The molecule has 3 rings (SSSR count). The third-order valence-electron chi connectivity index (χ3n) is 3.71. The molecule has 2 aromatic rings. The lowest BCUT2D eigenvalue weighted by Crippen LogP contribution is -2.17. The quantitative estimate of drug-likeness (QED) is 0.699. The van der Waals surface area contributed by atoms with Crippen molar-refractivity contribution in [2.45, 2.75) is 19.4 Å². The van der Waals surface area contributed by atoms with Crippen LogP contribution in [-0.4, -0.2) is 17.6 Å².